The molecule has 35 heavy (non-hydrogen) atoms. The Hall–Kier alpha value is -3.73. The highest BCUT2D eigenvalue weighted by Crippen LogP contribution is 2.35. The predicted octanol–water partition coefficient (Wildman–Crippen LogP) is 3.45. The summed E-state index contributed by atoms with van der Waals surface area (Å²) in [4.78, 5) is 44.2. The van der Waals surface area contributed by atoms with Gasteiger partial charge in [-0.3, -0.25) is 19.4 Å². The van der Waals surface area contributed by atoms with E-state index in [0.717, 1.165) is 23.0 Å². The van der Waals surface area contributed by atoms with Crippen molar-refractivity contribution in [1.82, 2.24) is 19.9 Å². The van der Waals surface area contributed by atoms with Crippen LogP contribution in [0.2, 0.25) is 0 Å². The van der Waals surface area contributed by atoms with Crippen molar-refractivity contribution in [1.29, 1.82) is 0 Å². The Morgan fingerprint density at radius 1 is 1.06 bits per heavy atom. The lowest BCUT2D eigenvalue weighted by atomic mass is 9.96. The van der Waals surface area contributed by atoms with Crippen molar-refractivity contribution >= 4 is 29.6 Å². The molecule has 0 aliphatic rings. The molecular weight excluding hydrogens is 475 g/mol. The number of halogens is 1. The van der Waals surface area contributed by atoms with E-state index in [1.54, 1.807) is 38.5 Å². The van der Waals surface area contributed by atoms with Gasteiger partial charge < -0.3 is 20.1 Å². The highest BCUT2D eigenvalue weighted by atomic mass is 32.2. The van der Waals surface area contributed by atoms with E-state index in [4.69, 9.17) is 0 Å². The zero-order valence-electron chi connectivity index (χ0n) is 19.1. The molecule has 3 aromatic rings. The van der Waals surface area contributed by atoms with E-state index in [1.165, 1.54) is 12.1 Å². The molecular formula is C24H25FN4O5S. The molecule has 3 rings (SSSR count). The summed E-state index contributed by atoms with van der Waals surface area (Å²) in [7, 11) is 1.79. The van der Waals surface area contributed by atoms with Gasteiger partial charge in [0.05, 0.1) is 23.2 Å². The summed E-state index contributed by atoms with van der Waals surface area (Å²) in [6, 6.07) is 8.53. The first-order chi connectivity index (χ1) is 16.7. The first kappa shape index (κ1) is 25.9. The van der Waals surface area contributed by atoms with E-state index in [1.807, 2.05) is 16.7 Å². The van der Waals surface area contributed by atoms with Crippen LogP contribution in [-0.4, -0.2) is 54.4 Å². The number of pyridine rings is 1. The van der Waals surface area contributed by atoms with Gasteiger partial charge in [0.2, 0.25) is 5.91 Å². The molecule has 2 heterocycles. The second kappa shape index (κ2) is 11.6. The van der Waals surface area contributed by atoms with Crippen LogP contribution in [0.4, 0.5) is 4.39 Å². The van der Waals surface area contributed by atoms with Crippen LogP contribution >= 0.6 is 11.8 Å². The third kappa shape index (κ3) is 6.24. The Bertz CT molecular complexity index is 1190. The molecule has 0 bridgehead atoms. The quantitative estimate of drug-likeness (QED) is 0.269. The number of benzene rings is 1. The lowest BCUT2D eigenvalue weighted by molar-refractivity contribution is -0.156. The van der Waals surface area contributed by atoms with E-state index >= 15 is 0 Å². The Balaban J connectivity index is 1.85. The van der Waals surface area contributed by atoms with E-state index in [0.29, 0.717) is 22.8 Å². The molecule has 0 radical (unpaired) electrons. The van der Waals surface area contributed by atoms with E-state index < -0.39 is 29.8 Å². The molecule has 0 spiro atoms. The molecule has 184 valence electrons. The topological polar surface area (TPSA) is 134 Å². The third-order valence-electron chi connectivity index (χ3n) is 5.34. The summed E-state index contributed by atoms with van der Waals surface area (Å²) in [5.74, 6) is -5.71. The summed E-state index contributed by atoms with van der Waals surface area (Å²) >= 11 is 1.13. The van der Waals surface area contributed by atoms with Crippen molar-refractivity contribution in [3.8, 4) is 22.5 Å². The predicted molar refractivity (Wildman–Crippen MR) is 128 cm³/mol. The number of carbonyl (C=O) groups excluding carboxylic acids is 1. The second-order valence-electron chi connectivity index (χ2n) is 7.80. The van der Waals surface area contributed by atoms with Crippen molar-refractivity contribution < 1.29 is 29.0 Å². The van der Waals surface area contributed by atoms with Gasteiger partial charge in [0.15, 0.2) is 11.1 Å². The molecule has 2 aromatic heterocycles. The van der Waals surface area contributed by atoms with Crippen molar-refractivity contribution in [3.05, 3.63) is 54.6 Å². The maximum atomic E-state index is 13.5. The zero-order chi connectivity index (χ0) is 25.5. The number of aromatic nitrogens is 3. The van der Waals surface area contributed by atoms with Crippen LogP contribution in [0.1, 0.15) is 19.8 Å². The van der Waals surface area contributed by atoms with Gasteiger partial charge in [0, 0.05) is 30.6 Å². The number of nitrogens with zero attached hydrogens (tertiary/aromatic N) is 3. The molecule has 0 saturated carbocycles. The molecule has 1 atom stereocenters. The number of thioether (sulfide) groups is 1. The highest BCUT2D eigenvalue weighted by molar-refractivity contribution is 7.99. The normalized spacial score (nSPS) is 11.9. The molecule has 11 heteroatoms. The Labute approximate surface area is 205 Å². The number of carboxylic acid groups (broad SMARTS) is 2. The van der Waals surface area contributed by atoms with Crippen LogP contribution in [0, 0.1) is 11.7 Å². The lowest BCUT2D eigenvalue weighted by Crippen LogP contribution is -2.47. The first-order valence-corrected chi connectivity index (χ1v) is 11.8. The fourth-order valence-corrected chi connectivity index (χ4v) is 4.50. The van der Waals surface area contributed by atoms with Crippen LogP contribution in [0.25, 0.3) is 22.5 Å². The smallest absolute Gasteiger partial charge is 0.320 e. The molecule has 1 amide bonds. The summed E-state index contributed by atoms with van der Waals surface area (Å²) < 4.78 is 15.3. The average Bonchev–Trinajstić information content (AvgIpc) is 3.14. The average molecular weight is 501 g/mol. The number of carboxylic acids is 2. The van der Waals surface area contributed by atoms with Crippen LogP contribution in [0.15, 0.2) is 53.9 Å². The fourth-order valence-electron chi connectivity index (χ4n) is 3.72. The second-order valence-corrected chi connectivity index (χ2v) is 8.74. The van der Waals surface area contributed by atoms with Gasteiger partial charge in [-0.2, -0.15) is 0 Å². The minimum atomic E-state index is -1.74. The van der Waals surface area contributed by atoms with Crippen molar-refractivity contribution in [2.75, 3.05) is 5.75 Å². The SMILES string of the molecule is CCCC(NC(=O)CSc1nc(-c2ccc(F)cc2)c(-c2ccncc2)n1C)C(C(=O)O)C(=O)O. The Morgan fingerprint density at radius 3 is 2.26 bits per heavy atom. The van der Waals surface area contributed by atoms with Gasteiger partial charge in [-0.25, -0.2) is 9.37 Å². The number of amides is 1. The zero-order valence-corrected chi connectivity index (χ0v) is 20.0. The van der Waals surface area contributed by atoms with Crippen molar-refractivity contribution in [2.45, 2.75) is 31.0 Å². The maximum absolute atomic E-state index is 13.5. The van der Waals surface area contributed by atoms with Gasteiger partial charge in [0.1, 0.15) is 5.82 Å². The van der Waals surface area contributed by atoms with E-state index in [2.05, 4.69) is 15.3 Å². The molecule has 0 aliphatic carbocycles. The Kier molecular flexibility index (Phi) is 8.58. The van der Waals surface area contributed by atoms with Gasteiger partial charge in [-0.15, -0.1) is 0 Å². The number of hydrogen-bond acceptors (Lipinski definition) is 6. The van der Waals surface area contributed by atoms with Gasteiger partial charge >= 0.3 is 11.9 Å². The highest BCUT2D eigenvalue weighted by Gasteiger charge is 2.35. The number of imidazole rings is 1. The first-order valence-electron chi connectivity index (χ1n) is 10.8. The molecule has 1 unspecified atom stereocenters. The van der Waals surface area contributed by atoms with E-state index in [9.17, 15) is 29.0 Å². The van der Waals surface area contributed by atoms with Crippen LogP contribution in [-0.2, 0) is 21.4 Å². The van der Waals surface area contributed by atoms with E-state index in [-0.39, 0.29) is 18.0 Å². The number of carbonyl (C=O) groups is 3. The van der Waals surface area contributed by atoms with Crippen LogP contribution in [0.3, 0.4) is 0 Å². The molecule has 0 fully saturated rings. The van der Waals surface area contributed by atoms with Gasteiger partial charge in [-0.05, 0) is 42.8 Å². The van der Waals surface area contributed by atoms with Crippen molar-refractivity contribution in [3.63, 3.8) is 0 Å². The third-order valence-corrected chi connectivity index (χ3v) is 6.37. The van der Waals surface area contributed by atoms with Gasteiger partial charge in [0.25, 0.3) is 0 Å². The largest absolute Gasteiger partial charge is 0.481 e. The lowest BCUT2D eigenvalue weighted by Gasteiger charge is -2.21. The molecule has 0 aliphatic heterocycles. The summed E-state index contributed by atoms with van der Waals surface area (Å²) in [5, 5.41) is 21.6. The van der Waals surface area contributed by atoms with Crippen LogP contribution < -0.4 is 5.32 Å². The van der Waals surface area contributed by atoms with Crippen LogP contribution in [0.5, 0.6) is 0 Å². The Morgan fingerprint density at radius 2 is 1.69 bits per heavy atom. The number of nitrogens with one attached hydrogen (secondary N) is 1. The monoisotopic (exact) mass is 500 g/mol. The molecule has 1 aromatic carbocycles. The van der Waals surface area contributed by atoms with Gasteiger partial charge in [-0.1, -0.05) is 25.1 Å². The number of hydrogen-bond donors (Lipinski definition) is 3. The summed E-state index contributed by atoms with van der Waals surface area (Å²) in [6.07, 6.45) is 4.01. The maximum Gasteiger partial charge on any atom is 0.320 e. The number of rotatable bonds is 11. The minimum absolute atomic E-state index is 0.102. The van der Waals surface area contributed by atoms with Crippen molar-refractivity contribution in [2.24, 2.45) is 13.0 Å². The molecule has 9 nitrogen and oxygen atoms in total. The molecule has 0 saturated heterocycles. The standard InChI is InChI=1S/C24H25FN4O5S/c1-3-4-17(19(22(31)32)23(33)34)27-18(30)13-35-24-28-20(14-5-7-16(25)8-6-14)21(29(24)2)15-9-11-26-12-10-15/h5-12,17,19H,3-4,13H2,1-2H3,(H,27,30)(H,31,32)(H,33,34). The minimum Gasteiger partial charge on any atom is -0.481 e. The fraction of sp³-hybridized carbons (Fsp3) is 0.292. The summed E-state index contributed by atoms with van der Waals surface area (Å²) in [6.45, 7) is 1.78. The molecule has 3 N–H and O–H groups in total. The summed E-state index contributed by atoms with van der Waals surface area (Å²) in [5.41, 5.74) is 2.88. The number of aliphatic carboxylic acids is 2.